The molecule has 2 nitrogen and oxygen atoms in total. The van der Waals surface area contributed by atoms with E-state index in [-0.39, 0.29) is 5.97 Å². The fraction of sp³-hybridized carbons (Fsp3) is 0.364. The van der Waals surface area contributed by atoms with Crippen molar-refractivity contribution in [3.63, 3.8) is 0 Å². The van der Waals surface area contributed by atoms with Gasteiger partial charge >= 0.3 is 5.97 Å². The van der Waals surface area contributed by atoms with Crippen LogP contribution in [0.1, 0.15) is 19.8 Å². The third-order valence-electron chi connectivity index (χ3n) is 1.33. The van der Waals surface area contributed by atoms with Crippen molar-refractivity contribution in [3.8, 4) is 0 Å². The second-order valence-electron chi connectivity index (χ2n) is 2.50. The molecule has 0 unspecified atom stereocenters. The van der Waals surface area contributed by atoms with E-state index in [9.17, 15) is 4.79 Å². The van der Waals surface area contributed by atoms with Crippen LogP contribution in [0.5, 0.6) is 0 Å². The summed E-state index contributed by atoms with van der Waals surface area (Å²) >= 11 is 0. The number of carbonyl (C=O) groups excluding carboxylic acids is 1. The van der Waals surface area contributed by atoms with Crippen molar-refractivity contribution in [2.75, 3.05) is 6.61 Å². The molecule has 0 atom stereocenters. The van der Waals surface area contributed by atoms with Crippen molar-refractivity contribution in [1.29, 1.82) is 0 Å². The zero-order valence-electron chi connectivity index (χ0n) is 8.03. The van der Waals surface area contributed by atoms with Crippen molar-refractivity contribution in [2.24, 2.45) is 0 Å². The predicted molar refractivity (Wildman–Crippen MR) is 54.3 cm³/mol. The summed E-state index contributed by atoms with van der Waals surface area (Å²) in [6, 6.07) is 0. The largest absolute Gasteiger partial charge is 0.463 e. The lowest BCUT2D eigenvalue weighted by Gasteiger charge is -1.97. The summed E-state index contributed by atoms with van der Waals surface area (Å²) in [6.45, 7) is 6.06. The molecular weight excluding hydrogens is 164 g/mol. The van der Waals surface area contributed by atoms with Crippen molar-refractivity contribution in [2.45, 2.75) is 19.8 Å². The Morgan fingerprint density at radius 1 is 1.38 bits per heavy atom. The molecule has 0 aromatic carbocycles. The maximum Gasteiger partial charge on any atom is 0.330 e. The lowest BCUT2D eigenvalue weighted by Crippen LogP contribution is -2.01. The van der Waals surface area contributed by atoms with Crippen LogP contribution in [-0.4, -0.2) is 12.6 Å². The van der Waals surface area contributed by atoms with Crippen LogP contribution in [0.4, 0.5) is 0 Å². The van der Waals surface area contributed by atoms with Crippen LogP contribution in [-0.2, 0) is 9.53 Å². The number of allylic oxidation sites excluding steroid dienone is 4. The fourth-order valence-electron chi connectivity index (χ4n) is 0.642. The molecule has 0 bridgehead atoms. The molecule has 72 valence electrons. The molecule has 0 amide bonds. The Labute approximate surface area is 79.6 Å². The van der Waals surface area contributed by atoms with E-state index in [1.54, 1.807) is 24.3 Å². The van der Waals surface area contributed by atoms with Gasteiger partial charge in [0.05, 0.1) is 6.61 Å². The average molecular weight is 180 g/mol. The van der Waals surface area contributed by atoms with E-state index in [4.69, 9.17) is 4.74 Å². The molecular formula is C11H16O2. The van der Waals surface area contributed by atoms with Gasteiger partial charge in [-0.3, -0.25) is 0 Å². The molecule has 0 aromatic heterocycles. The van der Waals surface area contributed by atoms with E-state index < -0.39 is 0 Å². The standard InChI is InChI=1S/C11H16O2/c1-3-5-7-8-9-11(12)13-10-6-4-2/h3,5,7-9H,1,4,6,10H2,2H3. The molecule has 0 spiro atoms. The van der Waals surface area contributed by atoms with Gasteiger partial charge < -0.3 is 4.74 Å². The van der Waals surface area contributed by atoms with Crippen LogP contribution in [0, 0.1) is 0 Å². The summed E-state index contributed by atoms with van der Waals surface area (Å²) in [6.07, 6.45) is 10.1. The fourth-order valence-corrected chi connectivity index (χ4v) is 0.642. The summed E-state index contributed by atoms with van der Waals surface area (Å²) in [5, 5.41) is 0. The Morgan fingerprint density at radius 3 is 2.77 bits per heavy atom. The molecule has 13 heavy (non-hydrogen) atoms. The zero-order valence-corrected chi connectivity index (χ0v) is 8.03. The van der Waals surface area contributed by atoms with Gasteiger partial charge in [-0.1, -0.05) is 44.2 Å². The zero-order chi connectivity index (χ0) is 9.94. The van der Waals surface area contributed by atoms with Gasteiger partial charge in [0, 0.05) is 6.08 Å². The van der Waals surface area contributed by atoms with Crippen LogP contribution in [0.25, 0.3) is 0 Å². The van der Waals surface area contributed by atoms with Crippen molar-refractivity contribution < 1.29 is 9.53 Å². The molecule has 0 aliphatic carbocycles. The first-order valence-corrected chi connectivity index (χ1v) is 4.43. The Morgan fingerprint density at radius 2 is 2.15 bits per heavy atom. The first kappa shape index (κ1) is 11.7. The number of rotatable bonds is 6. The lowest BCUT2D eigenvalue weighted by molar-refractivity contribution is -0.137. The Bertz CT molecular complexity index is 202. The third kappa shape index (κ3) is 8.60. The van der Waals surface area contributed by atoms with Gasteiger partial charge in [0.1, 0.15) is 0 Å². The number of carbonyl (C=O) groups is 1. The Hall–Kier alpha value is -1.31. The van der Waals surface area contributed by atoms with Gasteiger partial charge in [0.15, 0.2) is 0 Å². The lowest BCUT2D eigenvalue weighted by atomic mass is 10.4. The molecule has 0 saturated carbocycles. The van der Waals surface area contributed by atoms with Crippen LogP contribution in [0.2, 0.25) is 0 Å². The minimum absolute atomic E-state index is 0.290. The third-order valence-corrected chi connectivity index (χ3v) is 1.33. The topological polar surface area (TPSA) is 26.3 Å². The van der Waals surface area contributed by atoms with E-state index in [1.807, 2.05) is 0 Å². The summed E-state index contributed by atoms with van der Waals surface area (Å²) in [5.74, 6) is -0.290. The van der Waals surface area contributed by atoms with Crippen molar-refractivity contribution in [3.05, 3.63) is 37.0 Å². The highest BCUT2D eigenvalue weighted by Crippen LogP contribution is 1.90. The van der Waals surface area contributed by atoms with Gasteiger partial charge in [-0.25, -0.2) is 4.79 Å². The van der Waals surface area contributed by atoms with E-state index in [1.165, 1.54) is 6.08 Å². The molecule has 0 saturated heterocycles. The highest BCUT2D eigenvalue weighted by Gasteiger charge is 1.93. The molecule has 0 fully saturated rings. The van der Waals surface area contributed by atoms with E-state index in [2.05, 4.69) is 13.5 Å². The van der Waals surface area contributed by atoms with Gasteiger partial charge in [0.25, 0.3) is 0 Å². The van der Waals surface area contributed by atoms with Crippen LogP contribution in [0.15, 0.2) is 37.0 Å². The summed E-state index contributed by atoms with van der Waals surface area (Å²) < 4.78 is 4.88. The number of hydrogen-bond donors (Lipinski definition) is 0. The molecule has 0 aromatic rings. The first-order valence-electron chi connectivity index (χ1n) is 4.43. The smallest absolute Gasteiger partial charge is 0.330 e. The van der Waals surface area contributed by atoms with Gasteiger partial charge in [-0.15, -0.1) is 0 Å². The number of esters is 1. The number of ether oxygens (including phenoxy) is 1. The summed E-state index contributed by atoms with van der Waals surface area (Å²) in [4.78, 5) is 10.9. The molecule has 2 heteroatoms. The maximum absolute atomic E-state index is 10.9. The average Bonchev–Trinajstić information content (AvgIpc) is 2.13. The normalized spacial score (nSPS) is 10.8. The van der Waals surface area contributed by atoms with Crippen molar-refractivity contribution in [1.82, 2.24) is 0 Å². The molecule has 0 aliphatic heterocycles. The molecule has 0 N–H and O–H groups in total. The monoisotopic (exact) mass is 180 g/mol. The molecule has 0 heterocycles. The van der Waals surface area contributed by atoms with Gasteiger partial charge in [0.2, 0.25) is 0 Å². The number of unbranched alkanes of at least 4 members (excludes halogenated alkanes) is 1. The SMILES string of the molecule is C=CC=CC=CC(=O)OCCCC. The Balaban J connectivity index is 3.55. The van der Waals surface area contributed by atoms with Gasteiger partial charge in [-0.2, -0.15) is 0 Å². The highest BCUT2D eigenvalue weighted by molar-refractivity contribution is 5.82. The molecule has 0 radical (unpaired) electrons. The molecule has 0 rings (SSSR count). The second-order valence-corrected chi connectivity index (χ2v) is 2.50. The first-order chi connectivity index (χ1) is 6.31. The number of hydrogen-bond acceptors (Lipinski definition) is 2. The van der Waals surface area contributed by atoms with E-state index in [0.29, 0.717) is 6.61 Å². The highest BCUT2D eigenvalue weighted by atomic mass is 16.5. The minimum atomic E-state index is -0.290. The van der Waals surface area contributed by atoms with Crippen LogP contribution < -0.4 is 0 Å². The van der Waals surface area contributed by atoms with E-state index >= 15 is 0 Å². The minimum Gasteiger partial charge on any atom is -0.463 e. The second kappa shape index (κ2) is 8.78. The maximum atomic E-state index is 10.9. The van der Waals surface area contributed by atoms with Crippen molar-refractivity contribution >= 4 is 5.97 Å². The quantitative estimate of drug-likeness (QED) is 0.272. The van der Waals surface area contributed by atoms with Crippen LogP contribution >= 0.6 is 0 Å². The summed E-state index contributed by atoms with van der Waals surface area (Å²) in [7, 11) is 0. The van der Waals surface area contributed by atoms with Crippen LogP contribution in [0.3, 0.4) is 0 Å². The molecule has 0 aliphatic rings. The predicted octanol–water partition coefficient (Wildman–Crippen LogP) is 2.63. The summed E-state index contributed by atoms with van der Waals surface area (Å²) in [5.41, 5.74) is 0. The van der Waals surface area contributed by atoms with E-state index in [0.717, 1.165) is 12.8 Å². The van der Waals surface area contributed by atoms with Gasteiger partial charge in [-0.05, 0) is 6.42 Å². The Kier molecular flexibility index (Phi) is 7.90.